The largest absolute Gasteiger partial charge is 0.495 e. The van der Waals surface area contributed by atoms with E-state index in [4.69, 9.17) is 21.3 Å². The molecular weight excluding hydrogens is 495 g/mol. The third-order valence-electron chi connectivity index (χ3n) is 6.16. The molecular formula is C26H21ClF3N3OS. The van der Waals surface area contributed by atoms with Gasteiger partial charge in [-0.15, -0.1) is 0 Å². The van der Waals surface area contributed by atoms with Crippen molar-refractivity contribution in [2.75, 3.05) is 7.11 Å². The minimum absolute atomic E-state index is 0.00813. The van der Waals surface area contributed by atoms with Crippen LogP contribution in [0.25, 0.3) is 5.69 Å². The van der Waals surface area contributed by atoms with Gasteiger partial charge in [-0.3, -0.25) is 9.55 Å². The number of aryl methyl sites for hydroxylation is 1. The van der Waals surface area contributed by atoms with Crippen molar-refractivity contribution in [3.63, 3.8) is 0 Å². The van der Waals surface area contributed by atoms with Gasteiger partial charge in [0.1, 0.15) is 23.2 Å². The number of benzene rings is 2. The van der Waals surface area contributed by atoms with Crippen molar-refractivity contribution in [1.29, 1.82) is 0 Å². The molecule has 0 fully saturated rings. The topological polar surface area (TPSA) is 39.9 Å². The van der Waals surface area contributed by atoms with Crippen molar-refractivity contribution in [3.8, 4) is 11.4 Å². The average Bonchev–Trinajstić information content (AvgIpc) is 3.23. The van der Waals surface area contributed by atoms with E-state index in [1.54, 1.807) is 19.2 Å². The lowest BCUT2D eigenvalue weighted by Crippen LogP contribution is -2.15. The molecule has 0 saturated carbocycles. The van der Waals surface area contributed by atoms with Crippen LogP contribution in [0.1, 0.15) is 41.3 Å². The molecule has 0 saturated heterocycles. The molecule has 1 aliphatic rings. The molecule has 0 radical (unpaired) electrons. The highest BCUT2D eigenvalue weighted by molar-refractivity contribution is 7.98. The molecule has 180 valence electrons. The molecule has 2 heterocycles. The Labute approximate surface area is 210 Å². The summed E-state index contributed by atoms with van der Waals surface area (Å²) in [6, 6.07) is 11.9. The van der Waals surface area contributed by atoms with Crippen LogP contribution in [0.3, 0.4) is 0 Å². The summed E-state index contributed by atoms with van der Waals surface area (Å²) >= 11 is 7.49. The van der Waals surface area contributed by atoms with Crippen LogP contribution in [0.2, 0.25) is 5.02 Å². The van der Waals surface area contributed by atoms with Crippen LogP contribution >= 0.6 is 23.4 Å². The second-order valence-corrected chi connectivity index (χ2v) is 9.60. The third kappa shape index (κ3) is 4.65. The summed E-state index contributed by atoms with van der Waals surface area (Å²) in [6.45, 7) is 0. The van der Waals surface area contributed by atoms with Gasteiger partial charge in [-0.25, -0.2) is 18.2 Å². The van der Waals surface area contributed by atoms with Gasteiger partial charge in [0.2, 0.25) is 0 Å². The van der Waals surface area contributed by atoms with Gasteiger partial charge < -0.3 is 4.74 Å². The number of hydrogen-bond acceptors (Lipinski definition) is 4. The molecule has 0 N–H and O–H groups in total. The Hall–Kier alpha value is -2.97. The Morgan fingerprint density at radius 1 is 1.09 bits per heavy atom. The predicted octanol–water partition coefficient (Wildman–Crippen LogP) is 7.11. The van der Waals surface area contributed by atoms with Crippen LogP contribution < -0.4 is 4.74 Å². The van der Waals surface area contributed by atoms with Crippen LogP contribution in [-0.4, -0.2) is 21.6 Å². The molecule has 9 heteroatoms. The molecule has 5 rings (SSSR count). The smallest absolute Gasteiger partial charge is 0.173 e. The Kier molecular flexibility index (Phi) is 6.75. The van der Waals surface area contributed by atoms with Crippen LogP contribution in [0, 0.1) is 17.5 Å². The molecule has 2 aromatic carbocycles. The Morgan fingerprint density at radius 3 is 2.54 bits per heavy atom. The number of thioether (sulfide) groups is 1. The first-order valence-corrected chi connectivity index (χ1v) is 12.4. The molecule has 0 bridgehead atoms. The number of nitrogens with zero attached hydrogens (tertiary/aromatic N) is 3. The number of halogens is 4. The van der Waals surface area contributed by atoms with E-state index in [2.05, 4.69) is 4.98 Å². The number of methoxy groups -OCH3 is 1. The average molecular weight is 516 g/mol. The van der Waals surface area contributed by atoms with E-state index in [1.807, 2.05) is 22.8 Å². The molecule has 4 nitrogen and oxygen atoms in total. The van der Waals surface area contributed by atoms with E-state index in [-0.39, 0.29) is 23.1 Å². The first-order valence-electron chi connectivity index (χ1n) is 11.1. The van der Waals surface area contributed by atoms with Crippen LogP contribution in [0.15, 0.2) is 60.0 Å². The van der Waals surface area contributed by atoms with Crippen molar-refractivity contribution in [1.82, 2.24) is 14.5 Å². The Morgan fingerprint density at radius 2 is 1.83 bits per heavy atom. The van der Waals surface area contributed by atoms with Gasteiger partial charge >= 0.3 is 0 Å². The van der Waals surface area contributed by atoms with Gasteiger partial charge in [0.25, 0.3) is 0 Å². The number of ether oxygens (including phenoxy) is 1. The zero-order chi connectivity index (χ0) is 24.5. The lowest BCUT2D eigenvalue weighted by atomic mass is 9.84. The lowest BCUT2D eigenvalue weighted by Gasteiger charge is -2.25. The maximum absolute atomic E-state index is 14.2. The minimum atomic E-state index is -0.701. The van der Waals surface area contributed by atoms with Crippen molar-refractivity contribution in [2.45, 2.75) is 36.1 Å². The predicted molar refractivity (Wildman–Crippen MR) is 130 cm³/mol. The fraction of sp³-hybridized carbons (Fsp3) is 0.231. The standard InChI is InChI=1S/C26H21ClF3N3OS/c1-34-24-11-15(5-10-20(24)27)18-3-2-4-23-25(18)33(17-8-6-16(28)7-9-17)26(32-23)35-14-19-21(29)12-31-13-22(19)30/h5-13,18H,2-4,14H2,1H3. The number of fused-ring (bicyclic) bond motifs is 1. The first kappa shape index (κ1) is 23.8. The molecule has 0 aliphatic heterocycles. The summed E-state index contributed by atoms with van der Waals surface area (Å²) in [7, 11) is 1.58. The Balaban J connectivity index is 1.62. The number of aromatic nitrogens is 3. The van der Waals surface area contributed by atoms with Gasteiger partial charge in [-0.2, -0.15) is 0 Å². The fourth-order valence-corrected chi connectivity index (χ4v) is 5.72. The van der Waals surface area contributed by atoms with E-state index in [0.717, 1.165) is 54.3 Å². The van der Waals surface area contributed by atoms with Crippen molar-refractivity contribution < 1.29 is 17.9 Å². The zero-order valence-electron chi connectivity index (χ0n) is 18.8. The molecule has 35 heavy (non-hydrogen) atoms. The monoisotopic (exact) mass is 515 g/mol. The molecule has 1 aliphatic carbocycles. The quantitative estimate of drug-likeness (QED) is 0.257. The van der Waals surface area contributed by atoms with Crippen LogP contribution in [0.5, 0.6) is 5.75 Å². The number of hydrogen-bond donors (Lipinski definition) is 0. The normalized spacial score (nSPS) is 15.2. The van der Waals surface area contributed by atoms with Gasteiger partial charge in [0, 0.05) is 22.9 Å². The van der Waals surface area contributed by atoms with Gasteiger partial charge in [0.15, 0.2) is 5.16 Å². The highest BCUT2D eigenvalue weighted by Gasteiger charge is 2.30. The maximum atomic E-state index is 14.2. The second kappa shape index (κ2) is 9.95. The van der Waals surface area contributed by atoms with Gasteiger partial charge in [0.05, 0.1) is 35.9 Å². The summed E-state index contributed by atoms with van der Waals surface area (Å²) in [5.41, 5.74) is 3.59. The molecule has 1 atom stereocenters. The summed E-state index contributed by atoms with van der Waals surface area (Å²) < 4.78 is 49.6. The van der Waals surface area contributed by atoms with E-state index in [9.17, 15) is 13.2 Å². The SMILES string of the molecule is COc1cc(C2CCCc3nc(SCc4c(F)cncc4F)n(-c4ccc(F)cc4)c32)ccc1Cl. The highest BCUT2D eigenvalue weighted by Crippen LogP contribution is 2.42. The molecule has 4 aromatic rings. The van der Waals surface area contributed by atoms with Crippen molar-refractivity contribution in [3.05, 3.63) is 99.8 Å². The van der Waals surface area contributed by atoms with E-state index >= 15 is 0 Å². The number of rotatable bonds is 6. The summed E-state index contributed by atoms with van der Waals surface area (Å²) in [5, 5.41) is 1.11. The second-order valence-electron chi connectivity index (χ2n) is 8.25. The molecule has 0 amide bonds. The van der Waals surface area contributed by atoms with Crippen molar-refractivity contribution >= 4 is 23.4 Å². The van der Waals surface area contributed by atoms with E-state index in [0.29, 0.717) is 15.9 Å². The fourth-order valence-electron chi connectivity index (χ4n) is 4.47. The van der Waals surface area contributed by atoms with Crippen LogP contribution in [0.4, 0.5) is 13.2 Å². The molecule has 0 spiro atoms. The van der Waals surface area contributed by atoms with Gasteiger partial charge in [-0.05, 0) is 61.2 Å². The summed E-state index contributed by atoms with van der Waals surface area (Å²) in [5.74, 6) is -1.14. The number of pyridine rings is 1. The van der Waals surface area contributed by atoms with E-state index < -0.39 is 11.6 Å². The lowest BCUT2D eigenvalue weighted by molar-refractivity contribution is 0.414. The third-order valence-corrected chi connectivity index (χ3v) is 7.43. The number of imidazole rings is 1. The van der Waals surface area contributed by atoms with Gasteiger partial charge in [-0.1, -0.05) is 29.4 Å². The summed E-state index contributed by atoms with van der Waals surface area (Å²) in [6.07, 6.45) is 4.58. The zero-order valence-corrected chi connectivity index (χ0v) is 20.3. The molecule has 1 unspecified atom stereocenters. The summed E-state index contributed by atoms with van der Waals surface area (Å²) in [4.78, 5) is 8.43. The molecule has 2 aromatic heterocycles. The van der Waals surface area contributed by atoms with Crippen LogP contribution in [-0.2, 0) is 12.2 Å². The Bertz CT molecular complexity index is 1360. The minimum Gasteiger partial charge on any atom is -0.495 e. The van der Waals surface area contributed by atoms with Crippen molar-refractivity contribution in [2.24, 2.45) is 0 Å². The highest BCUT2D eigenvalue weighted by atomic mass is 35.5. The maximum Gasteiger partial charge on any atom is 0.173 e. The first-order chi connectivity index (χ1) is 17.0. The van der Waals surface area contributed by atoms with E-state index in [1.165, 1.54) is 23.9 Å².